The summed E-state index contributed by atoms with van der Waals surface area (Å²) < 4.78 is 32.5. The molecule has 1 aromatic rings. The van der Waals surface area contributed by atoms with Crippen molar-refractivity contribution in [1.82, 2.24) is 4.72 Å². The number of furan rings is 1. The lowest BCUT2D eigenvalue weighted by Gasteiger charge is -2.15. The highest BCUT2D eigenvalue weighted by molar-refractivity contribution is 9.10. The largest absolute Gasteiger partial charge is 0.452 e. The average Bonchev–Trinajstić information content (AvgIpc) is 2.81. The predicted octanol–water partition coefficient (Wildman–Crippen LogP) is 3.00. The number of halogens is 1. The highest BCUT2D eigenvalue weighted by Gasteiger charge is 2.22. The topological polar surface area (TPSA) is 85.3 Å². The van der Waals surface area contributed by atoms with Gasteiger partial charge in [0, 0.05) is 12.6 Å². The van der Waals surface area contributed by atoms with Gasteiger partial charge in [-0.3, -0.25) is 0 Å². The fraction of sp³-hybridized carbons (Fsp3) is 0.692. The van der Waals surface area contributed by atoms with Crippen molar-refractivity contribution in [2.75, 3.05) is 6.54 Å². The van der Waals surface area contributed by atoms with Crippen molar-refractivity contribution in [3.05, 3.63) is 16.5 Å². The maximum Gasteiger partial charge on any atom is 0.244 e. The summed E-state index contributed by atoms with van der Waals surface area (Å²) in [6.07, 6.45) is 4.24. The second-order valence-corrected chi connectivity index (χ2v) is 7.28. The van der Waals surface area contributed by atoms with Gasteiger partial charge in [0.1, 0.15) is 10.7 Å². The minimum Gasteiger partial charge on any atom is -0.452 e. The number of nitrogens with one attached hydrogen (secondary N) is 1. The fourth-order valence-electron chi connectivity index (χ4n) is 1.93. The summed E-state index contributed by atoms with van der Waals surface area (Å²) >= 11 is 3.12. The summed E-state index contributed by atoms with van der Waals surface area (Å²) in [6.45, 7) is 4.83. The van der Waals surface area contributed by atoms with Gasteiger partial charge in [-0.25, -0.2) is 13.1 Å². The van der Waals surface area contributed by atoms with E-state index in [9.17, 15) is 8.42 Å². The van der Waals surface area contributed by atoms with Gasteiger partial charge in [-0.15, -0.1) is 0 Å². The number of unbranched alkanes of at least 4 members (excludes halogenated alkanes) is 1. The summed E-state index contributed by atoms with van der Waals surface area (Å²) in [4.78, 5) is 0.114. The Kier molecular flexibility index (Phi) is 7.22. The minimum atomic E-state index is -3.56. The first-order valence-electron chi connectivity index (χ1n) is 6.92. The number of rotatable bonds is 9. The molecule has 1 aromatic heterocycles. The molecule has 20 heavy (non-hydrogen) atoms. The normalized spacial score (nSPS) is 13.6. The third-order valence-corrected chi connectivity index (χ3v) is 5.58. The van der Waals surface area contributed by atoms with Crippen LogP contribution in [0.5, 0.6) is 0 Å². The Hall–Kier alpha value is -0.370. The van der Waals surface area contributed by atoms with E-state index >= 15 is 0 Å². The van der Waals surface area contributed by atoms with Crippen molar-refractivity contribution in [3.63, 3.8) is 0 Å². The van der Waals surface area contributed by atoms with E-state index in [0.717, 1.165) is 25.7 Å². The zero-order chi connectivity index (χ0) is 15.2. The van der Waals surface area contributed by atoms with E-state index < -0.39 is 10.0 Å². The third-order valence-electron chi connectivity index (χ3n) is 3.30. The molecule has 0 bridgehead atoms. The van der Waals surface area contributed by atoms with Crippen LogP contribution in [0, 0.1) is 5.92 Å². The van der Waals surface area contributed by atoms with Crippen LogP contribution >= 0.6 is 15.9 Å². The zero-order valence-electron chi connectivity index (χ0n) is 12.0. The number of sulfonamides is 1. The molecule has 0 aromatic carbocycles. The molecule has 5 nitrogen and oxygen atoms in total. The van der Waals surface area contributed by atoms with E-state index in [2.05, 4.69) is 34.5 Å². The quantitative estimate of drug-likeness (QED) is 0.703. The van der Waals surface area contributed by atoms with Crippen LogP contribution in [0.2, 0.25) is 0 Å². The molecule has 116 valence electrons. The van der Waals surface area contributed by atoms with Crippen LogP contribution in [0.15, 0.2) is 20.0 Å². The van der Waals surface area contributed by atoms with E-state index in [-0.39, 0.29) is 16.1 Å². The predicted molar refractivity (Wildman–Crippen MR) is 82.8 cm³/mol. The Labute approximate surface area is 129 Å². The SMILES string of the molecule is CCCCC(CC)CNS(=O)(=O)c1cc(CN)oc1Br. The Morgan fingerprint density at radius 2 is 2.15 bits per heavy atom. The summed E-state index contributed by atoms with van der Waals surface area (Å²) in [5.41, 5.74) is 5.44. The van der Waals surface area contributed by atoms with E-state index in [1.807, 2.05) is 0 Å². The summed E-state index contributed by atoms with van der Waals surface area (Å²) in [5, 5.41) is 0. The van der Waals surface area contributed by atoms with Crippen molar-refractivity contribution in [3.8, 4) is 0 Å². The highest BCUT2D eigenvalue weighted by atomic mass is 79.9. The molecule has 1 atom stereocenters. The number of hydrogen-bond acceptors (Lipinski definition) is 4. The first-order valence-corrected chi connectivity index (χ1v) is 9.20. The second kappa shape index (κ2) is 8.17. The van der Waals surface area contributed by atoms with Crippen molar-refractivity contribution >= 4 is 26.0 Å². The number of nitrogens with two attached hydrogens (primary N) is 1. The van der Waals surface area contributed by atoms with Crippen molar-refractivity contribution in [2.45, 2.75) is 51.0 Å². The molecule has 3 N–H and O–H groups in total. The Balaban J connectivity index is 2.71. The van der Waals surface area contributed by atoms with Crippen LogP contribution in [-0.4, -0.2) is 15.0 Å². The molecule has 0 amide bonds. The fourth-order valence-corrected chi connectivity index (χ4v) is 4.04. The Morgan fingerprint density at radius 1 is 1.45 bits per heavy atom. The molecule has 0 fully saturated rings. The van der Waals surface area contributed by atoms with E-state index in [1.165, 1.54) is 6.07 Å². The smallest absolute Gasteiger partial charge is 0.244 e. The van der Waals surface area contributed by atoms with Gasteiger partial charge in [-0.1, -0.05) is 33.1 Å². The molecule has 0 spiro atoms. The van der Waals surface area contributed by atoms with E-state index in [0.29, 0.717) is 18.2 Å². The van der Waals surface area contributed by atoms with Crippen molar-refractivity contribution < 1.29 is 12.8 Å². The van der Waals surface area contributed by atoms with Gasteiger partial charge < -0.3 is 10.2 Å². The molecule has 7 heteroatoms. The molecular weight excluding hydrogens is 344 g/mol. The molecule has 1 rings (SSSR count). The van der Waals surface area contributed by atoms with Crippen LogP contribution in [0.25, 0.3) is 0 Å². The standard InChI is InChI=1S/C13H23BrN2O3S/c1-3-5-6-10(4-2)9-16-20(17,18)12-7-11(8-15)19-13(12)14/h7,10,16H,3-6,8-9,15H2,1-2H3. The second-order valence-electron chi connectivity index (χ2n) is 4.82. The Morgan fingerprint density at radius 3 is 2.65 bits per heavy atom. The van der Waals surface area contributed by atoms with Crippen LogP contribution < -0.4 is 10.5 Å². The van der Waals surface area contributed by atoms with Gasteiger partial charge in [-0.05, 0) is 28.3 Å². The molecule has 0 aliphatic heterocycles. The van der Waals surface area contributed by atoms with Gasteiger partial charge >= 0.3 is 0 Å². The van der Waals surface area contributed by atoms with Gasteiger partial charge in [-0.2, -0.15) is 0 Å². The lowest BCUT2D eigenvalue weighted by Crippen LogP contribution is -2.29. The minimum absolute atomic E-state index is 0.114. The molecule has 1 unspecified atom stereocenters. The monoisotopic (exact) mass is 366 g/mol. The van der Waals surface area contributed by atoms with Gasteiger partial charge in [0.05, 0.1) is 6.54 Å². The molecule has 0 saturated carbocycles. The first kappa shape index (κ1) is 17.7. The highest BCUT2D eigenvalue weighted by Crippen LogP contribution is 2.26. The van der Waals surface area contributed by atoms with Gasteiger partial charge in [0.25, 0.3) is 0 Å². The summed E-state index contributed by atoms with van der Waals surface area (Å²) in [7, 11) is -3.56. The van der Waals surface area contributed by atoms with Crippen LogP contribution in [0.1, 0.15) is 45.3 Å². The van der Waals surface area contributed by atoms with Crippen molar-refractivity contribution in [2.24, 2.45) is 11.7 Å². The molecule has 0 saturated heterocycles. The van der Waals surface area contributed by atoms with Crippen LogP contribution in [0.4, 0.5) is 0 Å². The summed E-state index contributed by atoms with van der Waals surface area (Å²) in [6, 6.07) is 1.46. The van der Waals surface area contributed by atoms with Crippen molar-refractivity contribution in [1.29, 1.82) is 0 Å². The first-order chi connectivity index (χ1) is 9.44. The lowest BCUT2D eigenvalue weighted by atomic mass is 10.00. The van der Waals surface area contributed by atoms with Gasteiger partial charge in [0.2, 0.25) is 10.0 Å². The van der Waals surface area contributed by atoms with Crippen LogP contribution in [-0.2, 0) is 16.6 Å². The Bertz CT molecular complexity index is 514. The lowest BCUT2D eigenvalue weighted by molar-refractivity contribution is 0.443. The molecular formula is C13H23BrN2O3S. The average molecular weight is 367 g/mol. The van der Waals surface area contributed by atoms with Gasteiger partial charge in [0.15, 0.2) is 4.67 Å². The van der Waals surface area contributed by atoms with E-state index in [4.69, 9.17) is 10.2 Å². The van der Waals surface area contributed by atoms with E-state index in [1.54, 1.807) is 0 Å². The molecule has 0 radical (unpaired) electrons. The zero-order valence-corrected chi connectivity index (χ0v) is 14.4. The maximum atomic E-state index is 12.2. The molecule has 1 heterocycles. The third kappa shape index (κ3) is 4.87. The molecule has 0 aliphatic rings. The molecule has 0 aliphatic carbocycles. The number of hydrogen-bond donors (Lipinski definition) is 2. The maximum absolute atomic E-state index is 12.2. The van der Waals surface area contributed by atoms with Crippen LogP contribution in [0.3, 0.4) is 0 Å². The summed E-state index contributed by atoms with van der Waals surface area (Å²) in [5.74, 6) is 0.805.